The summed E-state index contributed by atoms with van der Waals surface area (Å²) in [6, 6.07) is 23.7. The zero-order valence-electron chi connectivity index (χ0n) is 20.1. The van der Waals surface area contributed by atoms with E-state index in [0.29, 0.717) is 22.9 Å². The Morgan fingerprint density at radius 1 is 1.08 bits per heavy atom. The Bertz CT molecular complexity index is 1540. The molecule has 37 heavy (non-hydrogen) atoms. The maximum absolute atomic E-state index is 13.4. The summed E-state index contributed by atoms with van der Waals surface area (Å²) in [7, 11) is 0. The number of halogens is 2. The molecule has 0 aliphatic heterocycles. The highest BCUT2D eigenvalue weighted by Gasteiger charge is 2.15. The lowest BCUT2D eigenvalue weighted by atomic mass is 10.1. The van der Waals surface area contributed by atoms with Gasteiger partial charge in [-0.1, -0.05) is 71.9 Å². The van der Waals surface area contributed by atoms with Crippen LogP contribution in [0.5, 0.6) is 0 Å². The van der Waals surface area contributed by atoms with Gasteiger partial charge in [0.1, 0.15) is 5.82 Å². The van der Waals surface area contributed by atoms with E-state index in [1.165, 1.54) is 23.9 Å². The van der Waals surface area contributed by atoms with Crippen LogP contribution in [-0.4, -0.2) is 20.4 Å². The number of imidazole rings is 1. The molecule has 1 N–H and O–H groups in total. The Labute approximate surface area is 223 Å². The number of nitrogens with one attached hydrogen (secondary N) is 1. The lowest BCUT2D eigenvalue weighted by Gasteiger charge is -2.15. The molecule has 0 aliphatic carbocycles. The van der Waals surface area contributed by atoms with E-state index in [1.54, 1.807) is 18.5 Å². The van der Waals surface area contributed by atoms with Crippen LogP contribution in [0.1, 0.15) is 40.0 Å². The van der Waals surface area contributed by atoms with Crippen molar-refractivity contribution in [3.05, 3.63) is 124 Å². The van der Waals surface area contributed by atoms with E-state index < -0.39 is 0 Å². The molecule has 2 aromatic heterocycles. The van der Waals surface area contributed by atoms with Crippen LogP contribution in [-0.2, 0) is 12.3 Å². The second-order valence-corrected chi connectivity index (χ2v) is 10.0. The maximum Gasteiger partial charge on any atom is 0.251 e. The van der Waals surface area contributed by atoms with E-state index in [9.17, 15) is 9.18 Å². The number of rotatable bonds is 8. The monoisotopic (exact) mass is 530 g/mol. The molecule has 1 amide bonds. The second-order valence-electron chi connectivity index (χ2n) is 8.67. The van der Waals surface area contributed by atoms with E-state index in [1.807, 2.05) is 67.6 Å². The van der Waals surface area contributed by atoms with Gasteiger partial charge in [0.2, 0.25) is 0 Å². The van der Waals surface area contributed by atoms with Gasteiger partial charge < -0.3 is 9.88 Å². The Morgan fingerprint density at radius 3 is 2.62 bits per heavy atom. The molecule has 0 aliphatic rings. The molecule has 5 aromatic rings. The van der Waals surface area contributed by atoms with Gasteiger partial charge >= 0.3 is 0 Å². The average Bonchev–Trinajstić information content (AvgIpc) is 3.26. The number of aromatic nitrogens is 3. The highest BCUT2D eigenvalue weighted by Crippen LogP contribution is 2.30. The number of carbonyl (C=O) groups is 1. The predicted molar refractivity (Wildman–Crippen MR) is 146 cm³/mol. The van der Waals surface area contributed by atoms with Crippen LogP contribution in [0.3, 0.4) is 0 Å². The number of carbonyl (C=O) groups excluding carboxylic acids is 1. The number of benzene rings is 3. The highest BCUT2D eigenvalue weighted by atomic mass is 35.5. The number of amides is 1. The van der Waals surface area contributed by atoms with Gasteiger partial charge in [0.05, 0.1) is 29.8 Å². The first-order valence-electron chi connectivity index (χ1n) is 11.8. The number of hydrogen-bond acceptors (Lipinski definition) is 4. The van der Waals surface area contributed by atoms with Crippen molar-refractivity contribution in [2.45, 2.75) is 30.4 Å². The average molecular weight is 531 g/mol. The summed E-state index contributed by atoms with van der Waals surface area (Å²) in [4.78, 5) is 21.8. The molecule has 0 bridgehead atoms. The lowest BCUT2D eigenvalue weighted by Crippen LogP contribution is -2.26. The largest absolute Gasteiger partial charge is 0.346 e. The molecule has 0 saturated heterocycles. The van der Waals surface area contributed by atoms with E-state index in [4.69, 9.17) is 16.6 Å². The summed E-state index contributed by atoms with van der Waals surface area (Å²) < 4.78 is 15.5. The molecule has 0 unspecified atom stereocenters. The highest BCUT2D eigenvalue weighted by molar-refractivity contribution is 7.98. The van der Waals surface area contributed by atoms with E-state index in [0.717, 1.165) is 32.9 Å². The van der Waals surface area contributed by atoms with E-state index in [2.05, 4.69) is 14.9 Å². The summed E-state index contributed by atoms with van der Waals surface area (Å²) >= 11 is 7.76. The Hall–Kier alpha value is -3.68. The molecule has 5 rings (SSSR count). The van der Waals surface area contributed by atoms with Gasteiger partial charge in [0.15, 0.2) is 5.16 Å². The van der Waals surface area contributed by atoms with Crippen molar-refractivity contribution in [3.63, 3.8) is 0 Å². The lowest BCUT2D eigenvalue weighted by molar-refractivity contribution is 0.0940. The zero-order chi connectivity index (χ0) is 25.8. The third-order valence-corrected chi connectivity index (χ3v) is 7.47. The van der Waals surface area contributed by atoms with Crippen molar-refractivity contribution in [2.24, 2.45) is 0 Å². The first-order valence-corrected chi connectivity index (χ1v) is 13.2. The molecule has 0 saturated carbocycles. The van der Waals surface area contributed by atoms with Crippen molar-refractivity contribution >= 4 is 40.3 Å². The molecule has 186 valence electrons. The van der Waals surface area contributed by atoms with Crippen LogP contribution in [0.4, 0.5) is 4.39 Å². The SMILES string of the molecule is C[C@H](NC(=O)c1ccc(Cn2c(SCc3ccc(F)cc3Cl)nc3ccncc32)cc1)c1ccccc1. The molecule has 0 radical (unpaired) electrons. The zero-order valence-corrected chi connectivity index (χ0v) is 21.6. The number of nitrogens with zero attached hydrogens (tertiary/aromatic N) is 3. The van der Waals surface area contributed by atoms with Crippen molar-refractivity contribution in [1.29, 1.82) is 0 Å². The number of thioether (sulfide) groups is 1. The van der Waals surface area contributed by atoms with E-state index in [-0.39, 0.29) is 17.8 Å². The molecule has 3 aromatic carbocycles. The summed E-state index contributed by atoms with van der Waals surface area (Å²) in [5, 5.41) is 4.25. The van der Waals surface area contributed by atoms with Gasteiger partial charge in [-0.25, -0.2) is 9.37 Å². The van der Waals surface area contributed by atoms with E-state index >= 15 is 0 Å². The van der Waals surface area contributed by atoms with Gasteiger partial charge in [-0.05, 0) is 53.9 Å². The molecule has 0 spiro atoms. The number of hydrogen-bond donors (Lipinski definition) is 1. The summed E-state index contributed by atoms with van der Waals surface area (Å²) in [6.07, 6.45) is 3.51. The Kier molecular flexibility index (Phi) is 7.53. The van der Waals surface area contributed by atoms with Gasteiger partial charge in [0.25, 0.3) is 5.91 Å². The summed E-state index contributed by atoms with van der Waals surface area (Å²) in [5.74, 6) is 0.0745. The molecule has 8 heteroatoms. The normalized spacial score (nSPS) is 12.0. The fraction of sp³-hybridized carbons (Fsp3) is 0.138. The van der Waals surface area contributed by atoms with Crippen LogP contribution in [0.2, 0.25) is 5.02 Å². The third kappa shape index (κ3) is 5.84. The summed E-state index contributed by atoms with van der Waals surface area (Å²) in [5.41, 5.74) is 5.27. The fourth-order valence-corrected chi connectivity index (χ4v) is 5.37. The molecular formula is C29H24ClFN4OS. The first kappa shape index (κ1) is 25.0. The van der Waals surface area contributed by atoms with Crippen molar-refractivity contribution in [3.8, 4) is 0 Å². The van der Waals surface area contributed by atoms with Crippen LogP contribution < -0.4 is 5.32 Å². The fourth-order valence-electron chi connectivity index (χ4n) is 4.04. The van der Waals surface area contributed by atoms with Gasteiger partial charge in [-0.3, -0.25) is 9.78 Å². The minimum Gasteiger partial charge on any atom is -0.346 e. The van der Waals surface area contributed by atoms with Crippen molar-refractivity contribution in [2.75, 3.05) is 0 Å². The summed E-state index contributed by atoms with van der Waals surface area (Å²) in [6.45, 7) is 2.53. The molecular weight excluding hydrogens is 507 g/mol. The third-order valence-electron chi connectivity index (χ3n) is 6.09. The van der Waals surface area contributed by atoms with Crippen molar-refractivity contribution < 1.29 is 9.18 Å². The minimum atomic E-state index is -0.358. The second kappa shape index (κ2) is 11.2. The predicted octanol–water partition coefficient (Wildman–Crippen LogP) is 7.06. The molecule has 0 fully saturated rings. The quantitative estimate of drug-likeness (QED) is 0.218. The molecule has 2 heterocycles. The topological polar surface area (TPSA) is 59.8 Å². The molecule has 1 atom stereocenters. The van der Waals surface area contributed by atoms with Crippen LogP contribution in [0, 0.1) is 5.82 Å². The van der Waals surface area contributed by atoms with Crippen LogP contribution in [0.15, 0.2) is 96.4 Å². The van der Waals surface area contributed by atoms with Gasteiger partial charge in [-0.15, -0.1) is 0 Å². The first-order chi connectivity index (χ1) is 18.0. The number of pyridine rings is 1. The Morgan fingerprint density at radius 2 is 1.86 bits per heavy atom. The Balaban J connectivity index is 1.33. The molecule has 5 nitrogen and oxygen atoms in total. The van der Waals surface area contributed by atoms with Gasteiger partial charge in [-0.2, -0.15) is 0 Å². The number of fused-ring (bicyclic) bond motifs is 1. The van der Waals surface area contributed by atoms with Gasteiger partial charge in [0, 0.05) is 22.5 Å². The van der Waals surface area contributed by atoms with Crippen LogP contribution in [0.25, 0.3) is 11.0 Å². The van der Waals surface area contributed by atoms with Crippen molar-refractivity contribution in [1.82, 2.24) is 19.9 Å². The smallest absolute Gasteiger partial charge is 0.251 e. The maximum atomic E-state index is 13.4. The van der Waals surface area contributed by atoms with Crippen LogP contribution >= 0.6 is 23.4 Å². The minimum absolute atomic E-state index is 0.0904. The standard InChI is InChI=1S/C29H24ClFN4OS/c1-19(21-5-3-2-4-6-21)33-28(36)22-9-7-20(8-10-22)17-35-27-16-32-14-13-26(27)34-29(35)37-18-23-11-12-24(31)15-25(23)30/h2-16,19H,17-18H2,1H3,(H,33,36)/t19-/m0/s1.